The molecule has 74 valence electrons. The van der Waals surface area contributed by atoms with Crippen LogP contribution in [0.5, 0.6) is 0 Å². The van der Waals surface area contributed by atoms with Crippen LogP contribution in [-0.4, -0.2) is 30.0 Å². The van der Waals surface area contributed by atoms with Crippen molar-refractivity contribution in [3.05, 3.63) is 23.9 Å². The Balaban J connectivity index is 2.56. The van der Waals surface area contributed by atoms with Gasteiger partial charge in [0.1, 0.15) is 5.82 Å². The first-order valence-corrected chi connectivity index (χ1v) is 4.58. The fraction of sp³-hybridized carbons (Fsp3) is 0.400. The van der Waals surface area contributed by atoms with Gasteiger partial charge in [-0.3, -0.25) is 4.90 Å². The Kier molecular flexibility index (Phi) is 1.91. The number of amides is 2. The molecule has 1 aromatic heterocycles. The third kappa shape index (κ3) is 1.07. The molecular weight excluding hydrogens is 178 g/mol. The number of nitrogens with zero attached hydrogens (tertiary/aromatic N) is 3. The first kappa shape index (κ1) is 8.99. The van der Waals surface area contributed by atoms with Crippen molar-refractivity contribution in [1.82, 2.24) is 9.88 Å². The van der Waals surface area contributed by atoms with Crippen LogP contribution in [-0.2, 0) is 0 Å². The molecule has 0 bridgehead atoms. The highest BCUT2D eigenvalue weighted by molar-refractivity contribution is 5.93. The summed E-state index contributed by atoms with van der Waals surface area (Å²) in [5.41, 5.74) is 1.09. The van der Waals surface area contributed by atoms with Crippen molar-refractivity contribution in [1.29, 1.82) is 0 Å². The van der Waals surface area contributed by atoms with E-state index in [2.05, 4.69) is 4.98 Å². The molecule has 0 fully saturated rings. The lowest BCUT2D eigenvalue weighted by atomic mass is 10.1. The summed E-state index contributed by atoms with van der Waals surface area (Å²) in [5.74, 6) is 0.767. The molecule has 1 aromatic rings. The third-order valence-electron chi connectivity index (χ3n) is 2.75. The van der Waals surface area contributed by atoms with Gasteiger partial charge in [0.25, 0.3) is 0 Å². The molecule has 0 aliphatic carbocycles. The Morgan fingerprint density at radius 1 is 1.43 bits per heavy atom. The van der Waals surface area contributed by atoms with Gasteiger partial charge in [-0.05, 0) is 13.0 Å². The lowest BCUT2D eigenvalue weighted by Crippen LogP contribution is -2.45. The first-order chi connectivity index (χ1) is 6.63. The quantitative estimate of drug-likeness (QED) is 0.625. The fourth-order valence-corrected chi connectivity index (χ4v) is 1.72. The van der Waals surface area contributed by atoms with Gasteiger partial charge in [-0.1, -0.05) is 6.07 Å². The Bertz CT molecular complexity index is 377. The standard InChI is InChI=1S/C10H13N3O/c1-7-8-5-4-6-11-9(8)13(3)10(14)12(7)2/h4-7H,1-3H3. The number of carbonyl (C=O) groups excluding carboxylic acids is 1. The predicted molar refractivity (Wildman–Crippen MR) is 54.2 cm³/mol. The topological polar surface area (TPSA) is 36.4 Å². The summed E-state index contributed by atoms with van der Waals surface area (Å²) >= 11 is 0. The Labute approximate surface area is 83.2 Å². The molecule has 0 aromatic carbocycles. The number of urea groups is 1. The fourth-order valence-electron chi connectivity index (χ4n) is 1.72. The first-order valence-electron chi connectivity index (χ1n) is 4.58. The Hall–Kier alpha value is -1.58. The third-order valence-corrected chi connectivity index (χ3v) is 2.75. The number of rotatable bonds is 0. The molecule has 1 aliphatic rings. The summed E-state index contributed by atoms with van der Waals surface area (Å²) < 4.78 is 0. The zero-order valence-electron chi connectivity index (χ0n) is 8.56. The van der Waals surface area contributed by atoms with Gasteiger partial charge in [0, 0.05) is 25.9 Å². The second-order valence-corrected chi connectivity index (χ2v) is 3.54. The van der Waals surface area contributed by atoms with Crippen LogP contribution in [0.3, 0.4) is 0 Å². The molecule has 1 atom stereocenters. The molecular formula is C10H13N3O. The molecule has 4 nitrogen and oxygen atoms in total. The van der Waals surface area contributed by atoms with Gasteiger partial charge < -0.3 is 4.90 Å². The van der Waals surface area contributed by atoms with Gasteiger partial charge in [-0.2, -0.15) is 0 Å². The lowest BCUT2D eigenvalue weighted by Gasteiger charge is -2.36. The van der Waals surface area contributed by atoms with Crippen molar-refractivity contribution in [3.8, 4) is 0 Å². The summed E-state index contributed by atoms with van der Waals surface area (Å²) in [7, 11) is 3.55. The van der Waals surface area contributed by atoms with Gasteiger partial charge in [-0.15, -0.1) is 0 Å². The molecule has 2 amide bonds. The van der Waals surface area contributed by atoms with E-state index in [0.717, 1.165) is 11.4 Å². The summed E-state index contributed by atoms with van der Waals surface area (Å²) in [6, 6.07) is 3.99. The van der Waals surface area contributed by atoms with Crippen LogP contribution in [0.25, 0.3) is 0 Å². The minimum absolute atomic E-state index is 0.0105. The van der Waals surface area contributed by atoms with E-state index in [4.69, 9.17) is 0 Å². The number of fused-ring (bicyclic) bond motifs is 1. The summed E-state index contributed by atoms with van der Waals surface area (Å²) in [6.07, 6.45) is 1.71. The number of hydrogen-bond donors (Lipinski definition) is 0. The molecule has 1 unspecified atom stereocenters. The highest BCUT2D eigenvalue weighted by atomic mass is 16.2. The largest absolute Gasteiger partial charge is 0.325 e. The molecule has 0 spiro atoms. The van der Waals surface area contributed by atoms with Crippen molar-refractivity contribution in [2.24, 2.45) is 0 Å². The second kappa shape index (κ2) is 2.97. The molecule has 0 saturated carbocycles. The second-order valence-electron chi connectivity index (χ2n) is 3.54. The van der Waals surface area contributed by atoms with Crippen LogP contribution >= 0.6 is 0 Å². The van der Waals surface area contributed by atoms with E-state index in [-0.39, 0.29) is 12.1 Å². The number of hydrogen-bond acceptors (Lipinski definition) is 2. The SMILES string of the molecule is CC1c2cccnc2N(C)C(=O)N1C. The van der Waals surface area contributed by atoms with Gasteiger partial charge in [0.15, 0.2) is 0 Å². The van der Waals surface area contributed by atoms with Crippen molar-refractivity contribution < 1.29 is 4.79 Å². The molecule has 0 radical (unpaired) electrons. The van der Waals surface area contributed by atoms with Crippen LogP contribution in [0.1, 0.15) is 18.5 Å². The summed E-state index contributed by atoms with van der Waals surface area (Å²) in [4.78, 5) is 19.2. The number of aromatic nitrogens is 1. The molecule has 1 aliphatic heterocycles. The van der Waals surface area contributed by atoms with Crippen LogP contribution in [0.15, 0.2) is 18.3 Å². The summed E-state index contributed by atoms with van der Waals surface area (Å²) in [6.45, 7) is 2.01. The number of pyridine rings is 1. The van der Waals surface area contributed by atoms with Gasteiger partial charge >= 0.3 is 6.03 Å². The number of carbonyl (C=O) groups is 1. The molecule has 4 heteroatoms. The zero-order valence-corrected chi connectivity index (χ0v) is 8.56. The highest BCUT2D eigenvalue weighted by Crippen LogP contribution is 2.32. The minimum Gasteiger partial charge on any atom is -0.320 e. The van der Waals surface area contributed by atoms with Crippen LogP contribution in [0.4, 0.5) is 10.6 Å². The van der Waals surface area contributed by atoms with Crippen LogP contribution < -0.4 is 4.90 Å². The molecule has 2 heterocycles. The maximum absolute atomic E-state index is 11.7. The van der Waals surface area contributed by atoms with Gasteiger partial charge in [0.05, 0.1) is 6.04 Å². The highest BCUT2D eigenvalue weighted by Gasteiger charge is 2.31. The van der Waals surface area contributed by atoms with Crippen LogP contribution in [0, 0.1) is 0 Å². The Morgan fingerprint density at radius 3 is 2.86 bits per heavy atom. The van der Waals surface area contributed by atoms with E-state index in [1.807, 2.05) is 19.1 Å². The lowest BCUT2D eigenvalue weighted by molar-refractivity contribution is 0.198. The van der Waals surface area contributed by atoms with E-state index >= 15 is 0 Å². The maximum Gasteiger partial charge on any atom is 0.325 e. The smallest absolute Gasteiger partial charge is 0.320 e. The Morgan fingerprint density at radius 2 is 2.14 bits per heavy atom. The van der Waals surface area contributed by atoms with E-state index in [0.29, 0.717) is 0 Å². The average Bonchev–Trinajstić information content (AvgIpc) is 2.23. The van der Waals surface area contributed by atoms with E-state index in [1.165, 1.54) is 0 Å². The molecule has 2 rings (SSSR count). The van der Waals surface area contributed by atoms with E-state index < -0.39 is 0 Å². The van der Waals surface area contributed by atoms with Crippen LogP contribution in [0.2, 0.25) is 0 Å². The van der Waals surface area contributed by atoms with Crippen molar-refractivity contribution in [2.75, 3.05) is 19.0 Å². The predicted octanol–water partition coefficient (Wildman–Crippen LogP) is 1.64. The minimum atomic E-state index is -0.0105. The van der Waals surface area contributed by atoms with E-state index in [9.17, 15) is 4.79 Å². The molecule has 0 N–H and O–H groups in total. The van der Waals surface area contributed by atoms with Gasteiger partial charge in [0.2, 0.25) is 0 Å². The normalized spacial score (nSPS) is 21.1. The average molecular weight is 191 g/mol. The maximum atomic E-state index is 11.7. The van der Waals surface area contributed by atoms with Crippen molar-refractivity contribution in [2.45, 2.75) is 13.0 Å². The van der Waals surface area contributed by atoms with Crippen molar-refractivity contribution >= 4 is 11.8 Å². The molecule has 14 heavy (non-hydrogen) atoms. The summed E-state index contributed by atoms with van der Waals surface area (Å²) in [5, 5.41) is 0. The molecule has 0 saturated heterocycles. The zero-order chi connectivity index (χ0) is 10.3. The number of anilines is 1. The van der Waals surface area contributed by atoms with Crippen molar-refractivity contribution in [3.63, 3.8) is 0 Å². The van der Waals surface area contributed by atoms with Gasteiger partial charge in [-0.25, -0.2) is 9.78 Å². The monoisotopic (exact) mass is 191 g/mol. The van der Waals surface area contributed by atoms with E-state index in [1.54, 1.807) is 30.1 Å².